The number of nitrogens with two attached hydrogens (primary N) is 1. The van der Waals surface area contributed by atoms with E-state index in [9.17, 15) is 4.79 Å². The van der Waals surface area contributed by atoms with Crippen LogP contribution >= 0.6 is 12.4 Å². The van der Waals surface area contributed by atoms with Gasteiger partial charge in [0.05, 0.1) is 16.6 Å². The highest BCUT2D eigenvalue weighted by Crippen LogP contribution is 2.27. The zero-order valence-corrected chi connectivity index (χ0v) is 15.3. The molecule has 1 fully saturated rings. The van der Waals surface area contributed by atoms with E-state index in [1.54, 1.807) is 0 Å². The molecule has 0 aliphatic heterocycles. The number of fused-ring (bicyclic) bond motifs is 1. The van der Waals surface area contributed by atoms with E-state index in [1.165, 1.54) is 0 Å². The van der Waals surface area contributed by atoms with E-state index in [0.717, 1.165) is 53.7 Å². The molecule has 0 saturated heterocycles. The number of imidazole rings is 1. The lowest BCUT2D eigenvalue weighted by Gasteiger charge is -2.22. The molecule has 6 heteroatoms. The summed E-state index contributed by atoms with van der Waals surface area (Å²) >= 11 is 0. The molecule has 4 N–H and O–H groups in total. The van der Waals surface area contributed by atoms with Gasteiger partial charge in [-0.3, -0.25) is 4.79 Å². The molecule has 3 aromatic rings. The van der Waals surface area contributed by atoms with Crippen molar-refractivity contribution in [2.75, 3.05) is 0 Å². The Labute approximate surface area is 158 Å². The van der Waals surface area contributed by atoms with Crippen molar-refractivity contribution < 1.29 is 4.79 Å². The van der Waals surface area contributed by atoms with Crippen LogP contribution in [0, 0.1) is 0 Å². The number of amides is 1. The zero-order chi connectivity index (χ0) is 17.3. The molecule has 136 valence electrons. The molecular formula is C20H23ClN4O. The van der Waals surface area contributed by atoms with E-state index >= 15 is 0 Å². The van der Waals surface area contributed by atoms with Gasteiger partial charge in [-0.15, -0.1) is 12.4 Å². The highest BCUT2D eigenvalue weighted by atomic mass is 35.5. The average Bonchev–Trinajstić information content (AvgIpc) is 3.27. The average molecular weight is 371 g/mol. The number of aromatic amines is 1. The van der Waals surface area contributed by atoms with Crippen LogP contribution in [0.2, 0.25) is 0 Å². The molecule has 4 rings (SSSR count). The molecular weight excluding hydrogens is 348 g/mol. The van der Waals surface area contributed by atoms with Gasteiger partial charge in [0.2, 0.25) is 5.91 Å². The van der Waals surface area contributed by atoms with Crippen molar-refractivity contribution in [2.45, 2.75) is 37.8 Å². The first-order valence-electron chi connectivity index (χ1n) is 8.75. The first kappa shape index (κ1) is 18.4. The topological polar surface area (TPSA) is 83.8 Å². The molecule has 1 aromatic heterocycles. The maximum Gasteiger partial charge on any atom is 0.240 e. The van der Waals surface area contributed by atoms with Gasteiger partial charge in [-0.25, -0.2) is 4.98 Å². The molecule has 1 heterocycles. The third kappa shape index (κ3) is 3.59. The van der Waals surface area contributed by atoms with Crippen LogP contribution in [0.1, 0.15) is 31.2 Å². The van der Waals surface area contributed by atoms with E-state index in [0.29, 0.717) is 6.54 Å². The summed E-state index contributed by atoms with van der Waals surface area (Å²) in [5.74, 6) is 0.815. The van der Waals surface area contributed by atoms with Crippen LogP contribution in [0.4, 0.5) is 0 Å². The summed E-state index contributed by atoms with van der Waals surface area (Å²) in [6, 6.07) is 16.0. The van der Waals surface area contributed by atoms with Crippen LogP contribution in [0.15, 0.2) is 48.5 Å². The van der Waals surface area contributed by atoms with Crippen molar-refractivity contribution in [3.05, 3.63) is 54.1 Å². The summed E-state index contributed by atoms with van der Waals surface area (Å²) in [6.45, 7) is 0.498. The Hall–Kier alpha value is -2.37. The highest BCUT2D eigenvalue weighted by molar-refractivity contribution is 5.86. The second kappa shape index (κ2) is 7.48. The lowest BCUT2D eigenvalue weighted by Crippen LogP contribution is -2.51. The molecule has 2 aromatic carbocycles. The number of para-hydroxylation sites is 2. The Balaban J connectivity index is 0.00000196. The Morgan fingerprint density at radius 3 is 2.50 bits per heavy atom. The van der Waals surface area contributed by atoms with Crippen LogP contribution in [0.5, 0.6) is 0 Å². The van der Waals surface area contributed by atoms with E-state index in [-0.39, 0.29) is 18.3 Å². The minimum Gasteiger partial charge on any atom is -0.350 e. The molecule has 0 atom stereocenters. The summed E-state index contributed by atoms with van der Waals surface area (Å²) in [5.41, 5.74) is 9.57. The second-order valence-corrected chi connectivity index (χ2v) is 6.85. The quantitative estimate of drug-likeness (QED) is 0.656. The first-order valence-corrected chi connectivity index (χ1v) is 8.75. The van der Waals surface area contributed by atoms with Crippen molar-refractivity contribution in [3.8, 4) is 11.4 Å². The SMILES string of the molecule is Cl.NC1(C(=O)NCc2ccc(-c3nc4ccccc4[nH]3)cc2)CCCC1. The molecule has 1 saturated carbocycles. The van der Waals surface area contributed by atoms with Crippen LogP contribution in [-0.2, 0) is 11.3 Å². The van der Waals surface area contributed by atoms with E-state index in [1.807, 2.05) is 48.5 Å². The molecule has 1 aliphatic carbocycles. The summed E-state index contributed by atoms with van der Waals surface area (Å²) in [7, 11) is 0. The Bertz CT molecular complexity index is 865. The molecule has 0 radical (unpaired) electrons. The summed E-state index contributed by atoms with van der Waals surface area (Å²) in [6.07, 6.45) is 3.64. The van der Waals surface area contributed by atoms with Crippen molar-refractivity contribution in [1.29, 1.82) is 0 Å². The van der Waals surface area contributed by atoms with Crippen LogP contribution in [0.3, 0.4) is 0 Å². The fourth-order valence-electron chi connectivity index (χ4n) is 3.46. The van der Waals surface area contributed by atoms with E-state index in [2.05, 4.69) is 15.3 Å². The Morgan fingerprint density at radius 2 is 1.81 bits per heavy atom. The fourth-order valence-corrected chi connectivity index (χ4v) is 3.46. The predicted octanol–water partition coefficient (Wildman–Crippen LogP) is 3.54. The van der Waals surface area contributed by atoms with Crippen molar-refractivity contribution >= 4 is 29.3 Å². The molecule has 1 aliphatic rings. The van der Waals surface area contributed by atoms with Gasteiger partial charge >= 0.3 is 0 Å². The predicted molar refractivity (Wildman–Crippen MR) is 106 cm³/mol. The third-order valence-corrected chi connectivity index (χ3v) is 5.02. The molecule has 5 nitrogen and oxygen atoms in total. The van der Waals surface area contributed by atoms with Gasteiger partial charge in [0, 0.05) is 12.1 Å². The summed E-state index contributed by atoms with van der Waals surface area (Å²) in [5, 5.41) is 2.97. The van der Waals surface area contributed by atoms with Gasteiger partial charge in [-0.1, -0.05) is 49.2 Å². The second-order valence-electron chi connectivity index (χ2n) is 6.85. The minimum absolute atomic E-state index is 0. The smallest absolute Gasteiger partial charge is 0.240 e. The van der Waals surface area contributed by atoms with Gasteiger partial charge in [0.1, 0.15) is 5.82 Å². The standard InChI is InChI=1S/C20H22N4O.ClH/c21-20(11-3-4-12-20)19(25)22-13-14-7-9-15(10-8-14)18-23-16-5-1-2-6-17(16)24-18;/h1-2,5-10H,3-4,11-13,21H2,(H,22,25)(H,23,24);1H. The number of carbonyl (C=O) groups is 1. The number of H-pyrrole nitrogens is 1. The number of nitrogens with zero attached hydrogens (tertiary/aromatic N) is 1. The first-order chi connectivity index (χ1) is 12.1. The van der Waals surface area contributed by atoms with Crippen LogP contribution in [0.25, 0.3) is 22.4 Å². The van der Waals surface area contributed by atoms with Gasteiger partial charge in [0.25, 0.3) is 0 Å². The van der Waals surface area contributed by atoms with Gasteiger partial charge in [-0.2, -0.15) is 0 Å². The van der Waals surface area contributed by atoms with E-state index < -0.39 is 5.54 Å². The summed E-state index contributed by atoms with van der Waals surface area (Å²) < 4.78 is 0. The van der Waals surface area contributed by atoms with Gasteiger partial charge < -0.3 is 16.0 Å². The lowest BCUT2D eigenvalue weighted by atomic mass is 9.98. The Morgan fingerprint density at radius 1 is 1.12 bits per heavy atom. The summed E-state index contributed by atoms with van der Waals surface area (Å²) in [4.78, 5) is 20.2. The number of benzene rings is 2. The fraction of sp³-hybridized carbons (Fsp3) is 0.300. The lowest BCUT2D eigenvalue weighted by molar-refractivity contribution is -0.126. The Kier molecular flexibility index (Phi) is 5.30. The van der Waals surface area contributed by atoms with E-state index in [4.69, 9.17) is 5.73 Å². The number of hydrogen-bond acceptors (Lipinski definition) is 3. The number of rotatable bonds is 4. The van der Waals surface area contributed by atoms with Crippen molar-refractivity contribution in [1.82, 2.24) is 15.3 Å². The molecule has 0 spiro atoms. The van der Waals surface area contributed by atoms with Gasteiger partial charge in [-0.05, 0) is 30.5 Å². The van der Waals surface area contributed by atoms with Crippen LogP contribution in [-0.4, -0.2) is 21.4 Å². The largest absolute Gasteiger partial charge is 0.350 e. The third-order valence-electron chi connectivity index (χ3n) is 5.02. The molecule has 1 amide bonds. The maximum atomic E-state index is 12.3. The number of hydrogen-bond donors (Lipinski definition) is 3. The molecule has 26 heavy (non-hydrogen) atoms. The molecule has 0 unspecified atom stereocenters. The number of halogens is 1. The minimum atomic E-state index is -0.672. The number of aromatic nitrogens is 2. The molecule has 0 bridgehead atoms. The number of carbonyl (C=O) groups excluding carboxylic acids is 1. The monoisotopic (exact) mass is 370 g/mol. The van der Waals surface area contributed by atoms with Gasteiger partial charge in [0.15, 0.2) is 0 Å². The van der Waals surface area contributed by atoms with Crippen molar-refractivity contribution in [2.24, 2.45) is 5.73 Å². The normalized spacial score (nSPS) is 15.6. The maximum absolute atomic E-state index is 12.3. The van der Waals surface area contributed by atoms with Crippen LogP contribution < -0.4 is 11.1 Å². The van der Waals surface area contributed by atoms with Crippen molar-refractivity contribution in [3.63, 3.8) is 0 Å². The number of nitrogens with one attached hydrogen (secondary N) is 2. The highest BCUT2D eigenvalue weighted by Gasteiger charge is 2.36. The zero-order valence-electron chi connectivity index (χ0n) is 14.5.